The van der Waals surface area contributed by atoms with Crippen molar-refractivity contribution in [3.63, 3.8) is 0 Å². The van der Waals surface area contributed by atoms with Crippen LogP contribution in [0.25, 0.3) is 0 Å². The van der Waals surface area contributed by atoms with Crippen LogP contribution >= 0.6 is 0 Å². The Morgan fingerprint density at radius 3 is 2.88 bits per heavy atom. The second-order valence-corrected chi connectivity index (χ2v) is 4.88. The van der Waals surface area contributed by atoms with E-state index in [1.165, 1.54) is 0 Å². The molecule has 4 heteroatoms. The highest BCUT2D eigenvalue weighted by Crippen LogP contribution is 2.23. The molecule has 0 aromatic carbocycles. The third-order valence-corrected chi connectivity index (χ3v) is 3.58. The minimum atomic E-state index is -1.03. The van der Waals surface area contributed by atoms with E-state index >= 15 is 0 Å². The van der Waals surface area contributed by atoms with Crippen LogP contribution in [-0.2, 0) is 0 Å². The molecule has 0 spiro atoms. The predicted octanol–water partition coefficient (Wildman–Crippen LogP) is 1.01. The van der Waals surface area contributed by atoms with Crippen molar-refractivity contribution in [2.45, 2.75) is 38.4 Å². The van der Waals surface area contributed by atoms with Gasteiger partial charge in [0.25, 0.3) is 0 Å². The first-order valence-electron chi connectivity index (χ1n) is 6.39. The van der Waals surface area contributed by atoms with E-state index in [1.54, 1.807) is 0 Å². The molecule has 2 N–H and O–H groups in total. The van der Waals surface area contributed by atoms with Gasteiger partial charge in [0, 0.05) is 32.2 Å². The Kier molecular flexibility index (Phi) is 5.66. The number of nitrogens with one attached hydrogen (secondary N) is 2. The quantitative estimate of drug-likeness (QED) is 0.714. The first-order valence-corrected chi connectivity index (χ1v) is 6.39. The van der Waals surface area contributed by atoms with Gasteiger partial charge in [-0.25, -0.2) is 4.39 Å². The highest BCUT2D eigenvalue weighted by Gasteiger charge is 2.32. The first kappa shape index (κ1) is 13.9. The maximum absolute atomic E-state index is 14.6. The molecule has 1 fully saturated rings. The summed E-state index contributed by atoms with van der Waals surface area (Å²) in [5.74, 6) is 0. The summed E-state index contributed by atoms with van der Waals surface area (Å²) >= 11 is 0. The van der Waals surface area contributed by atoms with Crippen molar-refractivity contribution in [2.24, 2.45) is 0 Å². The third-order valence-electron chi connectivity index (χ3n) is 3.58. The molecule has 1 heterocycles. The number of nitrogens with zero attached hydrogens (tertiary/aromatic N) is 1. The molecule has 1 saturated heterocycles. The van der Waals surface area contributed by atoms with Crippen molar-refractivity contribution in [1.82, 2.24) is 15.5 Å². The van der Waals surface area contributed by atoms with Gasteiger partial charge >= 0.3 is 0 Å². The molecule has 0 amide bonds. The van der Waals surface area contributed by atoms with Gasteiger partial charge < -0.3 is 10.6 Å². The average Bonchev–Trinajstić information content (AvgIpc) is 2.30. The van der Waals surface area contributed by atoms with E-state index in [-0.39, 0.29) is 0 Å². The second kappa shape index (κ2) is 6.52. The van der Waals surface area contributed by atoms with Gasteiger partial charge in [-0.1, -0.05) is 6.92 Å². The number of rotatable bonds is 6. The molecule has 96 valence electrons. The van der Waals surface area contributed by atoms with Crippen molar-refractivity contribution in [3.05, 3.63) is 0 Å². The molecular formula is C12H26FN3. The van der Waals surface area contributed by atoms with Crippen molar-refractivity contribution >= 4 is 0 Å². The standard InChI is InChI=1S/C12H26FN3/c1-4-12(13,5-6-14-3)10-16-8-7-15-9-11(16)2/h11,14-15H,4-10H2,1-3H3. The largest absolute Gasteiger partial charge is 0.320 e. The Hall–Kier alpha value is -0.190. The molecule has 16 heavy (non-hydrogen) atoms. The van der Waals surface area contributed by atoms with Crippen LogP contribution in [0.15, 0.2) is 0 Å². The van der Waals surface area contributed by atoms with E-state index in [0.717, 1.165) is 26.2 Å². The number of hydrogen-bond acceptors (Lipinski definition) is 3. The third kappa shape index (κ3) is 4.00. The summed E-state index contributed by atoms with van der Waals surface area (Å²) in [5, 5.41) is 6.37. The molecule has 2 atom stereocenters. The van der Waals surface area contributed by atoms with Crippen molar-refractivity contribution in [1.29, 1.82) is 0 Å². The van der Waals surface area contributed by atoms with E-state index in [2.05, 4.69) is 22.5 Å². The summed E-state index contributed by atoms with van der Waals surface area (Å²) in [5.41, 5.74) is -1.03. The predicted molar refractivity (Wildman–Crippen MR) is 66.6 cm³/mol. The summed E-state index contributed by atoms with van der Waals surface area (Å²) in [7, 11) is 1.88. The minimum absolute atomic E-state index is 0.449. The zero-order chi connectivity index (χ0) is 12.0. The Balaban J connectivity index is 2.46. The Labute approximate surface area is 98.8 Å². The van der Waals surface area contributed by atoms with E-state index in [4.69, 9.17) is 0 Å². The smallest absolute Gasteiger partial charge is 0.124 e. The fraction of sp³-hybridized carbons (Fsp3) is 1.00. The van der Waals surface area contributed by atoms with E-state index in [9.17, 15) is 4.39 Å². The van der Waals surface area contributed by atoms with Gasteiger partial charge in [0.1, 0.15) is 5.67 Å². The monoisotopic (exact) mass is 231 g/mol. The Morgan fingerprint density at radius 2 is 2.31 bits per heavy atom. The molecule has 1 aliphatic heterocycles. The topological polar surface area (TPSA) is 27.3 Å². The molecule has 0 saturated carbocycles. The zero-order valence-corrected chi connectivity index (χ0v) is 10.9. The molecular weight excluding hydrogens is 205 g/mol. The van der Waals surface area contributed by atoms with Crippen LogP contribution in [0.3, 0.4) is 0 Å². The van der Waals surface area contributed by atoms with Gasteiger partial charge in [-0.3, -0.25) is 4.90 Å². The van der Waals surface area contributed by atoms with Gasteiger partial charge in [0.2, 0.25) is 0 Å². The summed E-state index contributed by atoms with van der Waals surface area (Å²) < 4.78 is 14.6. The lowest BCUT2D eigenvalue weighted by Gasteiger charge is -2.38. The Bertz CT molecular complexity index is 201. The molecule has 3 nitrogen and oxygen atoms in total. The highest BCUT2D eigenvalue weighted by atomic mass is 19.1. The molecule has 0 radical (unpaired) electrons. The summed E-state index contributed by atoms with van der Waals surface area (Å²) in [4.78, 5) is 2.27. The molecule has 0 bridgehead atoms. The molecule has 0 aromatic rings. The van der Waals surface area contributed by atoms with Crippen molar-refractivity contribution in [3.8, 4) is 0 Å². The van der Waals surface area contributed by atoms with Crippen LogP contribution in [0.1, 0.15) is 26.7 Å². The second-order valence-electron chi connectivity index (χ2n) is 4.88. The molecule has 0 aromatic heterocycles. The number of piperazine rings is 1. The summed E-state index contributed by atoms with van der Waals surface area (Å²) in [6.45, 7) is 8.37. The van der Waals surface area contributed by atoms with Crippen molar-refractivity contribution < 1.29 is 4.39 Å². The Morgan fingerprint density at radius 1 is 1.56 bits per heavy atom. The van der Waals surface area contributed by atoms with Crippen LogP contribution in [0, 0.1) is 0 Å². The van der Waals surface area contributed by atoms with Gasteiger partial charge in [-0.2, -0.15) is 0 Å². The van der Waals surface area contributed by atoms with E-state index in [0.29, 0.717) is 25.4 Å². The molecule has 0 aliphatic carbocycles. The maximum Gasteiger partial charge on any atom is 0.124 e. The van der Waals surface area contributed by atoms with E-state index < -0.39 is 5.67 Å². The van der Waals surface area contributed by atoms with Crippen LogP contribution in [-0.4, -0.2) is 56.4 Å². The maximum atomic E-state index is 14.6. The van der Waals surface area contributed by atoms with Crippen molar-refractivity contribution in [2.75, 3.05) is 39.8 Å². The van der Waals surface area contributed by atoms with Gasteiger partial charge in [-0.15, -0.1) is 0 Å². The zero-order valence-electron chi connectivity index (χ0n) is 10.9. The number of hydrogen-bond donors (Lipinski definition) is 2. The lowest BCUT2D eigenvalue weighted by atomic mass is 9.96. The average molecular weight is 231 g/mol. The number of halogens is 1. The van der Waals surface area contributed by atoms with Gasteiger partial charge in [-0.05, 0) is 33.4 Å². The van der Waals surface area contributed by atoms with Gasteiger partial charge in [0.15, 0.2) is 0 Å². The van der Waals surface area contributed by atoms with Crippen LogP contribution < -0.4 is 10.6 Å². The minimum Gasteiger partial charge on any atom is -0.320 e. The summed E-state index contributed by atoms with van der Waals surface area (Å²) in [6, 6.07) is 0.449. The fourth-order valence-electron chi connectivity index (χ4n) is 2.20. The molecule has 1 aliphatic rings. The molecule has 1 rings (SSSR count). The van der Waals surface area contributed by atoms with Crippen LogP contribution in [0.4, 0.5) is 4.39 Å². The van der Waals surface area contributed by atoms with Crippen LogP contribution in [0.5, 0.6) is 0 Å². The molecule has 2 unspecified atom stereocenters. The highest BCUT2D eigenvalue weighted by molar-refractivity contribution is 4.86. The fourth-order valence-corrected chi connectivity index (χ4v) is 2.20. The normalized spacial score (nSPS) is 26.6. The SMILES string of the molecule is CCC(F)(CCNC)CN1CCNCC1C. The summed E-state index contributed by atoms with van der Waals surface area (Å²) in [6.07, 6.45) is 1.21. The van der Waals surface area contributed by atoms with Crippen LogP contribution in [0.2, 0.25) is 0 Å². The van der Waals surface area contributed by atoms with Gasteiger partial charge in [0.05, 0.1) is 0 Å². The lowest BCUT2D eigenvalue weighted by molar-refractivity contribution is 0.0510. The first-order chi connectivity index (χ1) is 7.61. The van der Waals surface area contributed by atoms with E-state index in [1.807, 2.05) is 14.0 Å². The lowest BCUT2D eigenvalue weighted by Crippen LogP contribution is -2.54. The number of alkyl halides is 1.